The van der Waals surface area contributed by atoms with Gasteiger partial charge in [-0.1, -0.05) is 19.4 Å². The van der Waals surface area contributed by atoms with E-state index in [0.717, 1.165) is 24.3 Å². The van der Waals surface area contributed by atoms with Crippen LogP contribution in [-0.4, -0.2) is 11.5 Å². The van der Waals surface area contributed by atoms with Gasteiger partial charge in [0, 0.05) is 18.4 Å². The predicted octanol–water partition coefficient (Wildman–Crippen LogP) is 3.56. The van der Waals surface area contributed by atoms with Crippen molar-refractivity contribution >= 4 is 0 Å². The summed E-state index contributed by atoms with van der Waals surface area (Å²) in [6.07, 6.45) is 11.0. The fourth-order valence-corrected chi connectivity index (χ4v) is 4.08. The van der Waals surface area contributed by atoms with Crippen LogP contribution in [0.15, 0.2) is 24.5 Å². The van der Waals surface area contributed by atoms with Gasteiger partial charge in [-0.25, -0.2) is 0 Å². The lowest BCUT2D eigenvalue weighted by Crippen LogP contribution is -2.32. The molecule has 2 heteroatoms. The van der Waals surface area contributed by atoms with Crippen molar-refractivity contribution in [2.24, 2.45) is 17.8 Å². The highest BCUT2D eigenvalue weighted by molar-refractivity contribution is 5.17. The van der Waals surface area contributed by atoms with Crippen LogP contribution in [0.3, 0.4) is 0 Å². The zero-order valence-electron chi connectivity index (χ0n) is 11.3. The first-order valence-electron chi connectivity index (χ1n) is 7.51. The number of pyridine rings is 1. The van der Waals surface area contributed by atoms with Gasteiger partial charge in [0.05, 0.1) is 0 Å². The molecule has 98 valence electrons. The summed E-state index contributed by atoms with van der Waals surface area (Å²) in [6, 6.07) is 4.85. The molecule has 1 N–H and O–H groups in total. The first-order chi connectivity index (χ1) is 8.88. The van der Waals surface area contributed by atoms with E-state index < -0.39 is 0 Å². The number of fused-ring (bicyclic) bond motifs is 2. The second-order valence-corrected chi connectivity index (χ2v) is 6.06. The lowest BCUT2D eigenvalue weighted by Gasteiger charge is -2.31. The Bertz CT molecular complexity index is 376. The van der Waals surface area contributed by atoms with Gasteiger partial charge in [-0.05, 0) is 61.6 Å². The van der Waals surface area contributed by atoms with E-state index in [9.17, 15) is 0 Å². The normalized spacial score (nSPS) is 31.7. The number of aromatic nitrogens is 1. The summed E-state index contributed by atoms with van der Waals surface area (Å²) >= 11 is 0. The molecule has 1 aromatic rings. The monoisotopic (exact) mass is 244 g/mol. The zero-order chi connectivity index (χ0) is 12.4. The van der Waals surface area contributed by atoms with Crippen LogP contribution in [0, 0.1) is 17.8 Å². The summed E-state index contributed by atoms with van der Waals surface area (Å²) in [5.41, 5.74) is 1.39. The van der Waals surface area contributed by atoms with E-state index in [1.807, 2.05) is 6.20 Å². The molecule has 2 bridgehead atoms. The van der Waals surface area contributed by atoms with Crippen molar-refractivity contribution in [3.05, 3.63) is 30.1 Å². The molecule has 0 aliphatic heterocycles. The molecule has 4 unspecified atom stereocenters. The quantitative estimate of drug-likeness (QED) is 0.856. The molecule has 18 heavy (non-hydrogen) atoms. The molecule has 0 spiro atoms. The standard InChI is InChI=1S/C16H24N2/c1-2-7-18-16(14-4-3-8-17-11-14)15-10-12-5-6-13(15)9-12/h3-4,8,11-13,15-16,18H,2,5-7,9-10H2,1H3. The highest BCUT2D eigenvalue weighted by Crippen LogP contribution is 2.52. The van der Waals surface area contributed by atoms with Crippen LogP contribution in [0.25, 0.3) is 0 Å². The van der Waals surface area contributed by atoms with E-state index in [1.54, 1.807) is 0 Å². The minimum Gasteiger partial charge on any atom is -0.310 e. The third-order valence-corrected chi connectivity index (χ3v) is 4.88. The highest BCUT2D eigenvalue weighted by atomic mass is 14.9. The SMILES string of the molecule is CCCNC(c1cccnc1)C1CC2CCC1C2. The van der Waals surface area contributed by atoms with Gasteiger partial charge in [0.1, 0.15) is 0 Å². The van der Waals surface area contributed by atoms with E-state index in [0.29, 0.717) is 6.04 Å². The van der Waals surface area contributed by atoms with Gasteiger partial charge in [0.15, 0.2) is 0 Å². The highest BCUT2D eigenvalue weighted by Gasteiger charge is 2.43. The summed E-state index contributed by atoms with van der Waals surface area (Å²) in [7, 11) is 0. The van der Waals surface area contributed by atoms with Crippen molar-refractivity contribution in [2.45, 2.75) is 45.1 Å². The second-order valence-electron chi connectivity index (χ2n) is 6.06. The molecule has 0 radical (unpaired) electrons. The maximum atomic E-state index is 4.31. The molecule has 2 nitrogen and oxygen atoms in total. The molecule has 2 saturated carbocycles. The van der Waals surface area contributed by atoms with E-state index in [-0.39, 0.29) is 0 Å². The van der Waals surface area contributed by atoms with Crippen LogP contribution >= 0.6 is 0 Å². The maximum absolute atomic E-state index is 4.31. The molecule has 3 rings (SSSR count). The Labute approximate surface area is 110 Å². The Balaban J connectivity index is 1.77. The number of nitrogens with zero attached hydrogens (tertiary/aromatic N) is 1. The fourth-order valence-electron chi connectivity index (χ4n) is 4.08. The van der Waals surface area contributed by atoms with E-state index in [1.165, 1.54) is 37.7 Å². The van der Waals surface area contributed by atoms with Gasteiger partial charge in [0.2, 0.25) is 0 Å². The number of hydrogen-bond acceptors (Lipinski definition) is 2. The van der Waals surface area contributed by atoms with Gasteiger partial charge in [-0.2, -0.15) is 0 Å². The summed E-state index contributed by atoms with van der Waals surface area (Å²) < 4.78 is 0. The lowest BCUT2D eigenvalue weighted by atomic mass is 9.81. The lowest BCUT2D eigenvalue weighted by molar-refractivity contribution is 0.250. The maximum Gasteiger partial charge on any atom is 0.0366 e. The molecular weight excluding hydrogens is 220 g/mol. The average molecular weight is 244 g/mol. The fraction of sp³-hybridized carbons (Fsp3) is 0.688. The van der Waals surface area contributed by atoms with Crippen LogP contribution in [0.1, 0.15) is 50.6 Å². The van der Waals surface area contributed by atoms with Gasteiger partial charge >= 0.3 is 0 Å². The van der Waals surface area contributed by atoms with Crippen LogP contribution < -0.4 is 5.32 Å². The Hall–Kier alpha value is -0.890. The third-order valence-electron chi connectivity index (χ3n) is 4.88. The van der Waals surface area contributed by atoms with Crippen molar-refractivity contribution in [2.75, 3.05) is 6.54 Å². The topological polar surface area (TPSA) is 24.9 Å². The third kappa shape index (κ3) is 2.31. The largest absolute Gasteiger partial charge is 0.310 e. The van der Waals surface area contributed by atoms with Crippen LogP contribution in [0.4, 0.5) is 0 Å². The molecule has 2 aliphatic carbocycles. The van der Waals surface area contributed by atoms with Gasteiger partial charge in [-0.15, -0.1) is 0 Å². The first kappa shape index (κ1) is 12.2. The van der Waals surface area contributed by atoms with Gasteiger partial charge in [0.25, 0.3) is 0 Å². The average Bonchev–Trinajstić information content (AvgIpc) is 3.03. The predicted molar refractivity (Wildman–Crippen MR) is 74.2 cm³/mol. The molecule has 2 aliphatic rings. The van der Waals surface area contributed by atoms with Crippen molar-refractivity contribution in [1.82, 2.24) is 10.3 Å². The summed E-state index contributed by atoms with van der Waals surface area (Å²) in [5.74, 6) is 2.83. The van der Waals surface area contributed by atoms with Crippen molar-refractivity contribution < 1.29 is 0 Å². The molecular formula is C16H24N2. The van der Waals surface area contributed by atoms with Crippen molar-refractivity contribution in [3.63, 3.8) is 0 Å². The summed E-state index contributed by atoms with van der Waals surface area (Å²) in [4.78, 5) is 4.31. The number of hydrogen-bond donors (Lipinski definition) is 1. The molecule has 0 aromatic carbocycles. The minimum atomic E-state index is 0.536. The Morgan fingerprint density at radius 2 is 2.33 bits per heavy atom. The van der Waals surface area contributed by atoms with Crippen LogP contribution in [0.2, 0.25) is 0 Å². The van der Waals surface area contributed by atoms with Crippen molar-refractivity contribution in [3.8, 4) is 0 Å². The van der Waals surface area contributed by atoms with Crippen LogP contribution in [0.5, 0.6) is 0 Å². The summed E-state index contributed by atoms with van der Waals surface area (Å²) in [6.45, 7) is 3.36. The van der Waals surface area contributed by atoms with E-state index >= 15 is 0 Å². The molecule has 4 atom stereocenters. The van der Waals surface area contributed by atoms with Crippen molar-refractivity contribution in [1.29, 1.82) is 0 Å². The summed E-state index contributed by atoms with van der Waals surface area (Å²) in [5, 5.41) is 3.77. The van der Waals surface area contributed by atoms with Gasteiger partial charge in [-0.3, -0.25) is 4.98 Å². The number of rotatable bonds is 5. The first-order valence-corrected chi connectivity index (χ1v) is 7.51. The van der Waals surface area contributed by atoms with E-state index in [4.69, 9.17) is 0 Å². The molecule has 1 heterocycles. The van der Waals surface area contributed by atoms with Gasteiger partial charge < -0.3 is 5.32 Å². The smallest absolute Gasteiger partial charge is 0.0366 e. The minimum absolute atomic E-state index is 0.536. The number of nitrogens with one attached hydrogen (secondary N) is 1. The second kappa shape index (κ2) is 5.40. The molecule has 2 fully saturated rings. The Morgan fingerprint density at radius 1 is 1.39 bits per heavy atom. The van der Waals surface area contributed by atoms with E-state index in [2.05, 4.69) is 35.6 Å². The zero-order valence-corrected chi connectivity index (χ0v) is 11.3. The van der Waals surface area contributed by atoms with Crippen LogP contribution in [-0.2, 0) is 0 Å². The molecule has 0 amide bonds. The molecule has 1 aromatic heterocycles. The Kier molecular flexibility index (Phi) is 3.64. The Morgan fingerprint density at radius 3 is 2.94 bits per heavy atom. The molecule has 0 saturated heterocycles.